The van der Waals surface area contributed by atoms with Crippen molar-refractivity contribution in [2.45, 2.75) is 6.36 Å². The lowest BCUT2D eigenvalue weighted by Gasteiger charge is -2.20. The maximum Gasteiger partial charge on any atom is 0.573 e. The summed E-state index contributed by atoms with van der Waals surface area (Å²) in [5, 5.41) is 11.1. The minimum absolute atomic E-state index is 0.0607. The van der Waals surface area contributed by atoms with Crippen LogP contribution in [0.5, 0.6) is 5.75 Å². The van der Waals surface area contributed by atoms with Crippen molar-refractivity contribution in [3.63, 3.8) is 0 Å². The van der Waals surface area contributed by atoms with Crippen LogP contribution < -0.4 is 9.64 Å². The predicted octanol–water partition coefficient (Wildman–Crippen LogP) is 4.71. The first-order valence-corrected chi connectivity index (χ1v) is 10.4. The molecule has 0 fully saturated rings. The highest BCUT2D eigenvalue weighted by molar-refractivity contribution is 7.22. The second-order valence-electron chi connectivity index (χ2n) is 7.15. The van der Waals surface area contributed by atoms with Crippen molar-refractivity contribution in [3.05, 3.63) is 64.2 Å². The molecule has 0 saturated carbocycles. The molecule has 0 saturated heterocycles. The Morgan fingerprint density at radius 3 is 2.48 bits per heavy atom. The Bertz CT molecular complexity index is 1180. The van der Waals surface area contributed by atoms with Crippen LogP contribution in [-0.2, 0) is 4.79 Å². The largest absolute Gasteiger partial charge is 0.573 e. The van der Waals surface area contributed by atoms with Gasteiger partial charge in [-0.05, 0) is 50.0 Å². The van der Waals surface area contributed by atoms with Gasteiger partial charge in [0.25, 0.3) is 11.6 Å². The number of carbonyl (C=O) groups is 1. The Labute approximate surface area is 190 Å². The van der Waals surface area contributed by atoms with Crippen molar-refractivity contribution in [2.75, 3.05) is 32.1 Å². The Hall–Kier alpha value is -3.51. The van der Waals surface area contributed by atoms with Crippen molar-refractivity contribution in [3.8, 4) is 5.75 Å². The molecule has 0 aliphatic rings. The van der Waals surface area contributed by atoms with Crippen LogP contribution in [0.3, 0.4) is 0 Å². The number of carbonyl (C=O) groups excluding carboxylic acids is 1. The number of nitro groups is 1. The summed E-state index contributed by atoms with van der Waals surface area (Å²) >= 11 is 1.07. The molecule has 174 valence electrons. The van der Waals surface area contributed by atoms with Crippen molar-refractivity contribution < 1.29 is 27.6 Å². The number of hydrogen-bond acceptors (Lipinski definition) is 7. The van der Waals surface area contributed by atoms with E-state index in [1.54, 1.807) is 0 Å². The van der Waals surface area contributed by atoms with Gasteiger partial charge in [0, 0.05) is 37.4 Å². The maximum atomic E-state index is 12.9. The molecule has 0 radical (unpaired) electrons. The number of aromatic nitrogens is 1. The Kier molecular flexibility index (Phi) is 7.29. The number of likely N-dealkylation sites (N-methyl/N-ethyl adjacent to an activating group) is 1. The first-order chi connectivity index (χ1) is 15.5. The number of fused-ring (bicyclic) bond motifs is 1. The van der Waals surface area contributed by atoms with Crippen LogP contribution in [0.1, 0.15) is 5.56 Å². The van der Waals surface area contributed by atoms with Gasteiger partial charge < -0.3 is 9.64 Å². The number of anilines is 1. The molecule has 12 heteroatoms. The van der Waals surface area contributed by atoms with Crippen LogP contribution in [0.15, 0.2) is 48.5 Å². The van der Waals surface area contributed by atoms with Gasteiger partial charge in [-0.25, -0.2) is 4.98 Å². The molecule has 33 heavy (non-hydrogen) atoms. The van der Waals surface area contributed by atoms with E-state index < -0.39 is 11.3 Å². The Balaban J connectivity index is 1.85. The fraction of sp³-hybridized carbons (Fsp3) is 0.238. The summed E-state index contributed by atoms with van der Waals surface area (Å²) in [5.41, 5.74) is 0.973. The number of halogens is 3. The molecule has 0 spiro atoms. The van der Waals surface area contributed by atoms with Crippen LogP contribution in [0.2, 0.25) is 0 Å². The fourth-order valence-corrected chi connectivity index (χ4v) is 3.80. The Morgan fingerprint density at radius 2 is 1.88 bits per heavy atom. The number of nitrogens with zero attached hydrogens (tertiary/aromatic N) is 4. The number of benzene rings is 2. The second-order valence-corrected chi connectivity index (χ2v) is 8.16. The van der Waals surface area contributed by atoms with Gasteiger partial charge in [0.05, 0.1) is 15.1 Å². The van der Waals surface area contributed by atoms with E-state index in [1.165, 1.54) is 59.5 Å². The predicted molar refractivity (Wildman–Crippen MR) is 119 cm³/mol. The lowest BCUT2D eigenvalue weighted by Crippen LogP contribution is -2.35. The van der Waals surface area contributed by atoms with Crippen molar-refractivity contribution in [2.24, 2.45) is 0 Å². The van der Waals surface area contributed by atoms with Gasteiger partial charge in [-0.15, -0.1) is 13.2 Å². The van der Waals surface area contributed by atoms with E-state index in [0.717, 1.165) is 11.3 Å². The SMILES string of the molecule is CN(C)CCN(C(=O)C=Cc1ccc([N+](=O)[O-])cc1)c1nc2ccc(OC(F)(F)F)cc2s1. The van der Waals surface area contributed by atoms with Crippen molar-refractivity contribution in [1.82, 2.24) is 9.88 Å². The quantitative estimate of drug-likeness (QED) is 0.264. The number of non-ortho nitro benzene ring substituents is 1. The zero-order valence-electron chi connectivity index (χ0n) is 17.6. The lowest BCUT2D eigenvalue weighted by molar-refractivity contribution is -0.384. The molecule has 2 aromatic carbocycles. The maximum absolute atomic E-state index is 12.9. The molecule has 0 bridgehead atoms. The summed E-state index contributed by atoms with van der Waals surface area (Å²) in [6.45, 7) is 0.817. The number of hydrogen-bond donors (Lipinski definition) is 0. The monoisotopic (exact) mass is 480 g/mol. The Morgan fingerprint density at radius 1 is 1.18 bits per heavy atom. The standard InChI is InChI=1S/C21H19F3N4O4S/c1-26(2)11-12-27(19(29)10-5-14-3-6-15(7-4-14)28(30)31)20-25-17-9-8-16(13-18(17)33-20)32-21(22,23)24/h3-10,13H,11-12H2,1-2H3. The average molecular weight is 480 g/mol. The number of nitro benzene ring substituents is 1. The van der Waals surface area contributed by atoms with Crippen LogP contribution in [0, 0.1) is 10.1 Å². The van der Waals surface area contributed by atoms with E-state index in [0.29, 0.717) is 34.0 Å². The van der Waals surface area contributed by atoms with E-state index >= 15 is 0 Å². The smallest absolute Gasteiger partial charge is 0.406 e. The van der Waals surface area contributed by atoms with E-state index in [9.17, 15) is 28.1 Å². The van der Waals surface area contributed by atoms with E-state index in [2.05, 4.69) is 9.72 Å². The summed E-state index contributed by atoms with van der Waals surface area (Å²) < 4.78 is 41.9. The normalized spacial score (nSPS) is 11.9. The van der Waals surface area contributed by atoms with Gasteiger partial charge in [-0.1, -0.05) is 11.3 Å². The van der Waals surface area contributed by atoms with Crippen LogP contribution >= 0.6 is 11.3 Å². The molecule has 1 heterocycles. The lowest BCUT2D eigenvalue weighted by atomic mass is 10.2. The summed E-state index contributed by atoms with van der Waals surface area (Å²) in [5.74, 6) is -0.754. The minimum Gasteiger partial charge on any atom is -0.406 e. The molecule has 0 aliphatic carbocycles. The zero-order valence-corrected chi connectivity index (χ0v) is 18.4. The van der Waals surface area contributed by atoms with E-state index in [-0.39, 0.29) is 17.3 Å². The molecular formula is C21H19F3N4O4S. The first kappa shape index (κ1) is 24.1. The summed E-state index contributed by atoms with van der Waals surface area (Å²) in [4.78, 5) is 30.9. The number of rotatable bonds is 8. The molecule has 3 rings (SSSR count). The van der Waals surface area contributed by atoms with Gasteiger partial charge >= 0.3 is 6.36 Å². The molecular weight excluding hydrogens is 461 g/mol. The van der Waals surface area contributed by atoms with Gasteiger partial charge in [0.15, 0.2) is 5.13 Å². The molecule has 0 aliphatic heterocycles. The summed E-state index contributed by atoms with van der Waals surface area (Å²) in [6, 6.07) is 9.50. The van der Waals surface area contributed by atoms with Gasteiger partial charge in [0.2, 0.25) is 0 Å². The van der Waals surface area contributed by atoms with Gasteiger partial charge in [0.1, 0.15) is 5.75 Å². The summed E-state index contributed by atoms with van der Waals surface area (Å²) in [7, 11) is 3.68. The average Bonchev–Trinajstić information content (AvgIpc) is 3.14. The van der Waals surface area contributed by atoms with Crippen molar-refractivity contribution >= 4 is 44.4 Å². The second kappa shape index (κ2) is 9.96. The third kappa shape index (κ3) is 6.73. The number of thiazole rings is 1. The highest BCUT2D eigenvalue weighted by atomic mass is 32.1. The third-order valence-electron chi connectivity index (χ3n) is 4.37. The molecule has 1 aromatic heterocycles. The molecule has 1 amide bonds. The number of amides is 1. The summed E-state index contributed by atoms with van der Waals surface area (Å²) in [6.07, 6.45) is -1.96. The van der Waals surface area contributed by atoms with Crippen LogP contribution in [0.4, 0.5) is 24.0 Å². The third-order valence-corrected chi connectivity index (χ3v) is 5.41. The molecule has 0 N–H and O–H groups in total. The molecule has 3 aromatic rings. The number of alkyl halides is 3. The minimum atomic E-state index is -4.81. The van der Waals surface area contributed by atoms with Gasteiger partial charge in [-0.3, -0.25) is 19.8 Å². The van der Waals surface area contributed by atoms with E-state index in [1.807, 2.05) is 19.0 Å². The number of ether oxygens (including phenoxy) is 1. The van der Waals surface area contributed by atoms with Gasteiger partial charge in [-0.2, -0.15) is 0 Å². The zero-order chi connectivity index (χ0) is 24.2. The highest BCUT2D eigenvalue weighted by Gasteiger charge is 2.31. The molecule has 0 unspecified atom stereocenters. The highest BCUT2D eigenvalue weighted by Crippen LogP contribution is 2.33. The topological polar surface area (TPSA) is 88.8 Å². The van der Waals surface area contributed by atoms with Crippen LogP contribution in [-0.4, -0.2) is 54.3 Å². The fourth-order valence-electron chi connectivity index (χ4n) is 2.77. The van der Waals surface area contributed by atoms with E-state index in [4.69, 9.17) is 0 Å². The molecule has 0 atom stereocenters. The first-order valence-electron chi connectivity index (χ1n) is 9.57. The van der Waals surface area contributed by atoms with Crippen LogP contribution in [0.25, 0.3) is 16.3 Å². The van der Waals surface area contributed by atoms with Crippen molar-refractivity contribution in [1.29, 1.82) is 0 Å². The molecule has 8 nitrogen and oxygen atoms in total.